The molecule has 1 aliphatic rings. The first-order valence-corrected chi connectivity index (χ1v) is 10.2. The fourth-order valence-corrected chi connectivity index (χ4v) is 4.16. The van der Waals surface area contributed by atoms with Crippen molar-refractivity contribution in [2.24, 2.45) is 0 Å². The van der Waals surface area contributed by atoms with E-state index in [1.165, 1.54) is 6.07 Å². The van der Waals surface area contributed by atoms with E-state index in [1.807, 2.05) is 32.0 Å². The van der Waals surface area contributed by atoms with Crippen LogP contribution in [0.5, 0.6) is 11.5 Å². The quantitative estimate of drug-likeness (QED) is 0.725. The predicted molar refractivity (Wildman–Crippen MR) is 114 cm³/mol. The summed E-state index contributed by atoms with van der Waals surface area (Å²) in [4.78, 5) is 14.5. The van der Waals surface area contributed by atoms with E-state index in [9.17, 15) is 9.18 Å². The van der Waals surface area contributed by atoms with Gasteiger partial charge in [0.15, 0.2) is 11.5 Å². The van der Waals surface area contributed by atoms with E-state index in [0.717, 1.165) is 29.7 Å². The number of halogens is 1. The van der Waals surface area contributed by atoms with Crippen LogP contribution in [0.4, 0.5) is 9.18 Å². The van der Waals surface area contributed by atoms with Crippen molar-refractivity contribution in [2.75, 3.05) is 27.3 Å². The van der Waals surface area contributed by atoms with Crippen molar-refractivity contribution in [2.45, 2.75) is 38.9 Å². The monoisotopic (exact) mass is 415 g/mol. The smallest absolute Gasteiger partial charge is 0.315 e. The summed E-state index contributed by atoms with van der Waals surface area (Å²) in [7, 11) is 3.24. The van der Waals surface area contributed by atoms with Gasteiger partial charge in [0.25, 0.3) is 0 Å². The fraction of sp³-hybridized carbons (Fsp3) is 0.435. The van der Waals surface area contributed by atoms with E-state index in [0.29, 0.717) is 24.6 Å². The molecule has 30 heavy (non-hydrogen) atoms. The average Bonchev–Trinajstić information content (AvgIpc) is 2.72. The predicted octanol–water partition coefficient (Wildman–Crippen LogP) is 3.65. The van der Waals surface area contributed by atoms with Gasteiger partial charge in [-0.1, -0.05) is 12.1 Å². The summed E-state index contributed by atoms with van der Waals surface area (Å²) in [5.41, 5.74) is 3.14. The molecule has 2 N–H and O–H groups in total. The fourth-order valence-electron chi connectivity index (χ4n) is 4.16. The molecule has 0 bridgehead atoms. The lowest BCUT2D eigenvalue weighted by molar-refractivity contribution is 0.143. The number of fused-ring (bicyclic) bond motifs is 1. The van der Waals surface area contributed by atoms with Crippen molar-refractivity contribution in [3.8, 4) is 11.5 Å². The van der Waals surface area contributed by atoms with Crippen LogP contribution in [0.1, 0.15) is 36.6 Å². The highest BCUT2D eigenvalue weighted by Gasteiger charge is 2.33. The molecule has 0 aliphatic carbocycles. The molecule has 0 spiro atoms. The highest BCUT2D eigenvalue weighted by Crippen LogP contribution is 2.40. The first-order valence-electron chi connectivity index (χ1n) is 10.2. The Bertz CT molecular complexity index is 890. The Balaban J connectivity index is 1.97. The van der Waals surface area contributed by atoms with Crippen LogP contribution in [-0.4, -0.2) is 44.3 Å². The maximum atomic E-state index is 13.7. The number of ether oxygens (including phenoxy) is 2. The second-order valence-electron chi connectivity index (χ2n) is 7.49. The molecule has 0 fully saturated rings. The van der Waals surface area contributed by atoms with Crippen LogP contribution >= 0.6 is 0 Å². The third kappa shape index (κ3) is 4.84. The lowest BCUT2D eigenvalue weighted by Gasteiger charge is -2.41. The van der Waals surface area contributed by atoms with Gasteiger partial charge in [-0.25, -0.2) is 9.18 Å². The van der Waals surface area contributed by atoms with Crippen LogP contribution < -0.4 is 20.1 Å². The van der Waals surface area contributed by atoms with Crippen molar-refractivity contribution in [1.29, 1.82) is 0 Å². The van der Waals surface area contributed by atoms with Gasteiger partial charge in [-0.15, -0.1) is 0 Å². The molecular weight excluding hydrogens is 385 g/mol. The molecular formula is C23H30FN3O3. The van der Waals surface area contributed by atoms with Gasteiger partial charge in [0.05, 0.1) is 20.3 Å². The molecule has 0 saturated heterocycles. The van der Waals surface area contributed by atoms with Crippen molar-refractivity contribution < 1.29 is 18.7 Å². The first-order chi connectivity index (χ1) is 14.5. The highest BCUT2D eigenvalue weighted by molar-refractivity contribution is 5.74. The Morgan fingerprint density at radius 1 is 1.23 bits per heavy atom. The van der Waals surface area contributed by atoms with E-state index >= 15 is 0 Å². The normalized spacial score (nSPS) is 17.0. The summed E-state index contributed by atoms with van der Waals surface area (Å²) in [5.74, 6) is 1.10. The van der Waals surface area contributed by atoms with Crippen LogP contribution in [-0.2, 0) is 13.0 Å². The minimum atomic E-state index is -0.249. The number of amides is 2. The molecule has 3 rings (SSSR count). The third-order valence-electron chi connectivity index (χ3n) is 5.47. The average molecular weight is 416 g/mol. The van der Waals surface area contributed by atoms with Gasteiger partial charge in [0.1, 0.15) is 5.82 Å². The molecule has 2 atom stereocenters. The molecule has 1 heterocycles. The number of benzene rings is 2. The van der Waals surface area contributed by atoms with Gasteiger partial charge in [-0.2, -0.15) is 0 Å². The van der Waals surface area contributed by atoms with E-state index < -0.39 is 0 Å². The van der Waals surface area contributed by atoms with Gasteiger partial charge in [-0.05, 0) is 61.2 Å². The molecule has 6 nitrogen and oxygen atoms in total. The van der Waals surface area contributed by atoms with E-state index in [1.54, 1.807) is 26.4 Å². The maximum absolute atomic E-state index is 13.7. The van der Waals surface area contributed by atoms with Crippen LogP contribution in [0.15, 0.2) is 36.4 Å². The van der Waals surface area contributed by atoms with Crippen molar-refractivity contribution in [1.82, 2.24) is 15.5 Å². The Morgan fingerprint density at radius 3 is 2.63 bits per heavy atom. The third-order valence-corrected chi connectivity index (χ3v) is 5.47. The molecule has 0 unspecified atom stereocenters. The number of rotatable bonds is 7. The number of hydrogen-bond donors (Lipinski definition) is 2. The van der Waals surface area contributed by atoms with E-state index in [4.69, 9.17) is 9.47 Å². The molecule has 0 saturated carbocycles. The van der Waals surface area contributed by atoms with Gasteiger partial charge >= 0.3 is 6.03 Å². The lowest BCUT2D eigenvalue weighted by Crippen LogP contribution is -2.49. The summed E-state index contributed by atoms with van der Waals surface area (Å²) in [6.07, 6.45) is 0.829. The number of carbonyl (C=O) groups excluding carboxylic acids is 1. The topological polar surface area (TPSA) is 62.8 Å². The number of nitrogens with one attached hydrogen (secondary N) is 2. The Hall–Kier alpha value is -2.80. The Kier molecular flexibility index (Phi) is 7.15. The first kappa shape index (κ1) is 21.9. The molecule has 7 heteroatoms. The molecule has 162 valence electrons. The van der Waals surface area contributed by atoms with Gasteiger partial charge in [0.2, 0.25) is 0 Å². The number of methoxy groups -OCH3 is 2. The molecule has 2 amide bonds. The van der Waals surface area contributed by atoms with Gasteiger partial charge in [0, 0.05) is 25.7 Å². The zero-order valence-electron chi connectivity index (χ0n) is 18.0. The number of carbonyl (C=O) groups is 1. The van der Waals surface area contributed by atoms with E-state index in [-0.39, 0.29) is 23.9 Å². The Morgan fingerprint density at radius 2 is 1.97 bits per heavy atom. The minimum absolute atomic E-state index is 0.0978. The second kappa shape index (κ2) is 9.80. The zero-order valence-corrected chi connectivity index (χ0v) is 18.0. The van der Waals surface area contributed by atoms with Gasteiger partial charge < -0.3 is 20.1 Å². The zero-order chi connectivity index (χ0) is 21.7. The molecule has 0 aromatic heterocycles. The summed E-state index contributed by atoms with van der Waals surface area (Å²) in [6, 6.07) is 10.2. The lowest BCUT2D eigenvalue weighted by atomic mass is 9.87. The van der Waals surface area contributed by atoms with Crippen molar-refractivity contribution in [3.63, 3.8) is 0 Å². The SMILES string of the molecule is CCNC(=O)N[C@H](C)[C@H]1c2cc(OC)c(OC)cc2CCN1Cc1cccc(F)c1. The van der Waals surface area contributed by atoms with Crippen LogP contribution in [0, 0.1) is 5.82 Å². The molecule has 0 radical (unpaired) electrons. The van der Waals surface area contributed by atoms with Gasteiger partial charge in [-0.3, -0.25) is 4.90 Å². The standard InChI is InChI=1S/C23H30FN3O3/c1-5-25-23(28)26-15(2)22-19-13-21(30-4)20(29-3)12-17(19)9-10-27(22)14-16-7-6-8-18(24)11-16/h6-8,11-13,15,22H,5,9-10,14H2,1-4H3,(H2,25,26,28)/t15-,22+/m1/s1. The summed E-state index contributed by atoms with van der Waals surface area (Å²) >= 11 is 0. The minimum Gasteiger partial charge on any atom is -0.493 e. The van der Waals surface area contributed by atoms with Crippen molar-refractivity contribution in [3.05, 3.63) is 58.9 Å². The molecule has 2 aromatic rings. The number of hydrogen-bond acceptors (Lipinski definition) is 4. The molecule has 2 aromatic carbocycles. The van der Waals surface area contributed by atoms with Crippen LogP contribution in [0.25, 0.3) is 0 Å². The number of nitrogens with zero attached hydrogens (tertiary/aromatic N) is 1. The van der Waals surface area contributed by atoms with Crippen LogP contribution in [0.3, 0.4) is 0 Å². The summed E-state index contributed by atoms with van der Waals surface area (Å²) < 4.78 is 24.7. The summed E-state index contributed by atoms with van der Waals surface area (Å²) in [6.45, 7) is 5.79. The number of urea groups is 1. The van der Waals surface area contributed by atoms with Crippen molar-refractivity contribution >= 4 is 6.03 Å². The Labute approximate surface area is 177 Å². The van der Waals surface area contributed by atoms with E-state index in [2.05, 4.69) is 15.5 Å². The summed E-state index contributed by atoms with van der Waals surface area (Å²) in [5, 5.41) is 5.84. The molecule has 1 aliphatic heterocycles. The highest BCUT2D eigenvalue weighted by atomic mass is 19.1. The largest absolute Gasteiger partial charge is 0.493 e. The van der Waals surface area contributed by atoms with Crippen LogP contribution in [0.2, 0.25) is 0 Å². The second-order valence-corrected chi connectivity index (χ2v) is 7.49. The maximum Gasteiger partial charge on any atom is 0.315 e.